The van der Waals surface area contributed by atoms with Crippen molar-refractivity contribution in [2.75, 3.05) is 13.1 Å². The summed E-state index contributed by atoms with van der Waals surface area (Å²) in [6.07, 6.45) is 2.07. The standard InChI is InChI=1S/C8H16N2OS2/c1-6(13-12)8(11)10-7-2-4-9-5-3-7/h6-7,9,12H,2-5H2,1H3,(H,10,11). The molecule has 1 aliphatic heterocycles. The van der Waals surface area contributed by atoms with Crippen LogP contribution in [0.5, 0.6) is 0 Å². The molecule has 0 aromatic heterocycles. The fraction of sp³-hybridized carbons (Fsp3) is 0.875. The van der Waals surface area contributed by atoms with Gasteiger partial charge in [-0.15, -0.1) is 11.7 Å². The Morgan fingerprint density at radius 2 is 2.23 bits per heavy atom. The average Bonchev–Trinajstić information content (AvgIpc) is 2.18. The van der Waals surface area contributed by atoms with Gasteiger partial charge in [0.25, 0.3) is 0 Å². The van der Waals surface area contributed by atoms with Crippen LogP contribution in [-0.2, 0) is 4.79 Å². The first-order chi connectivity index (χ1) is 6.24. The Kier molecular flexibility index (Phi) is 4.98. The number of hydrogen-bond donors (Lipinski definition) is 3. The minimum Gasteiger partial charge on any atom is -0.352 e. The van der Waals surface area contributed by atoms with E-state index in [-0.39, 0.29) is 11.2 Å². The van der Waals surface area contributed by atoms with Gasteiger partial charge in [0.1, 0.15) is 0 Å². The summed E-state index contributed by atoms with van der Waals surface area (Å²) in [6, 6.07) is 0.358. The molecule has 0 bridgehead atoms. The van der Waals surface area contributed by atoms with E-state index in [1.807, 2.05) is 6.92 Å². The fourth-order valence-electron chi connectivity index (χ4n) is 1.33. The van der Waals surface area contributed by atoms with E-state index in [9.17, 15) is 4.79 Å². The van der Waals surface area contributed by atoms with E-state index in [0.717, 1.165) is 25.9 Å². The van der Waals surface area contributed by atoms with Crippen LogP contribution in [0, 0.1) is 0 Å². The summed E-state index contributed by atoms with van der Waals surface area (Å²) in [4.78, 5) is 11.4. The predicted octanol–water partition coefficient (Wildman–Crippen LogP) is 0.821. The zero-order valence-electron chi connectivity index (χ0n) is 7.75. The summed E-state index contributed by atoms with van der Waals surface area (Å²) < 4.78 is 0. The van der Waals surface area contributed by atoms with E-state index in [1.165, 1.54) is 10.8 Å². The minimum atomic E-state index is -0.0572. The van der Waals surface area contributed by atoms with Gasteiger partial charge in [-0.1, -0.05) is 10.8 Å². The summed E-state index contributed by atoms with van der Waals surface area (Å²) in [5.41, 5.74) is 0. The molecule has 76 valence electrons. The van der Waals surface area contributed by atoms with Gasteiger partial charge in [0.2, 0.25) is 5.91 Å². The van der Waals surface area contributed by atoms with Crippen molar-refractivity contribution >= 4 is 28.4 Å². The van der Waals surface area contributed by atoms with Crippen molar-refractivity contribution in [1.82, 2.24) is 10.6 Å². The second-order valence-corrected chi connectivity index (χ2v) is 4.83. The van der Waals surface area contributed by atoms with Crippen LogP contribution in [0.2, 0.25) is 0 Å². The lowest BCUT2D eigenvalue weighted by molar-refractivity contribution is -0.121. The first-order valence-corrected chi connectivity index (χ1v) is 6.48. The Hall–Kier alpha value is 0.130. The van der Waals surface area contributed by atoms with Gasteiger partial charge in [-0.25, -0.2) is 0 Å². The molecule has 1 amide bonds. The Labute approximate surface area is 88.2 Å². The average molecular weight is 220 g/mol. The number of carbonyl (C=O) groups excluding carboxylic acids is 1. The molecular formula is C8H16N2OS2. The zero-order valence-corrected chi connectivity index (χ0v) is 9.46. The monoisotopic (exact) mass is 220 g/mol. The number of carbonyl (C=O) groups is 1. The molecule has 1 unspecified atom stereocenters. The van der Waals surface area contributed by atoms with Gasteiger partial charge in [0, 0.05) is 6.04 Å². The molecule has 1 fully saturated rings. The van der Waals surface area contributed by atoms with E-state index in [4.69, 9.17) is 0 Å². The van der Waals surface area contributed by atoms with Crippen LogP contribution >= 0.6 is 22.5 Å². The third-order valence-corrected chi connectivity index (χ3v) is 3.69. The predicted molar refractivity (Wildman–Crippen MR) is 60.1 cm³/mol. The molecule has 5 heteroatoms. The highest BCUT2D eigenvalue weighted by Crippen LogP contribution is 2.14. The maximum absolute atomic E-state index is 11.4. The molecule has 0 aromatic rings. The van der Waals surface area contributed by atoms with Crippen LogP contribution in [0.15, 0.2) is 0 Å². The van der Waals surface area contributed by atoms with Crippen LogP contribution in [0.3, 0.4) is 0 Å². The number of rotatable bonds is 3. The van der Waals surface area contributed by atoms with E-state index >= 15 is 0 Å². The van der Waals surface area contributed by atoms with Crippen LogP contribution in [-0.4, -0.2) is 30.3 Å². The Balaban J connectivity index is 2.26. The molecule has 1 aliphatic rings. The lowest BCUT2D eigenvalue weighted by Gasteiger charge is -2.24. The quantitative estimate of drug-likeness (QED) is 0.487. The molecule has 1 saturated heterocycles. The van der Waals surface area contributed by atoms with Gasteiger partial charge < -0.3 is 10.6 Å². The van der Waals surface area contributed by atoms with Gasteiger partial charge >= 0.3 is 0 Å². The Morgan fingerprint density at radius 3 is 2.77 bits per heavy atom. The Bertz CT molecular complexity index is 172. The molecule has 1 atom stereocenters. The first-order valence-electron chi connectivity index (χ1n) is 4.55. The topological polar surface area (TPSA) is 41.1 Å². The van der Waals surface area contributed by atoms with Crippen LogP contribution in [0.4, 0.5) is 0 Å². The number of piperidine rings is 1. The van der Waals surface area contributed by atoms with Gasteiger partial charge in [0.15, 0.2) is 0 Å². The van der Waals surface area contributed by atoms with Gasteiger partial charge in [-0.3, -0.25) is 4.79 Å². The molecular weight excluding hydrogens is 204 g/mol. The third-order valence-electron chi connectivity index (χ3n) is 2.21. The maximum atomic E-state index is 11.4. The van der Waals surface area contributed by atoms with Crippen LogP contribution < -0.4 is 10.6 Å². The van der Waals surface area contributed by atoms with Gasteiger partial charge in [0.05, 0.1) is 5.25 Å². The molecule has 2 N–H and O–H groups in total. The summed E-state index contributed by atoms with van der Waals surface area (Å²) in [5, 5.41) is 6.22. The van der Waals surface area contributed by atoms with Gasteiger partial charge in [-0.05, 0) is 32.9 Å². The van der Waals surface area contributed by atoms with E-state index in [2.05, 4.69) is 22.3 Å². The molecule has 0 saturated carbocycles. The number of nitrogens with one attached hydrogen (secondary N) is 2. The summed E-state index contributed by atoms with van der Waals surface area (Å²) >= 11 is 4.02. The molecule has 0 aromatic carbocycles. The molecule has 1 heterocycles. The van der Waals surface area contributed by atoms with E-state index in [0.29, 0.717) is 6.04 Å². The minimum absolute atomic E-state index is 0.0572. The highest BCUT2D eigenvalue weighted by Gasteiger charge is 2.18. The van der Waals surface area contributed by atoms with Crippen molar-refractivity contribution in [3.05, 3.63) is 0 Å². The van der Waals surface area contributed by atoms with Crippen molar-refractivity contribution < 1.29 is 4.79 Å². The molecule has 13 heavy (non-hydrogen) atoms. The number of thiol groups is 1. The third kappa shape index (κ3) is 3.79. The summed E-state index contributed by atoms with van der Waals surface area (Å²) in [7, 11) is 1.29. The van der Waals surface area contributed by atoms with Crippen molar-refractivity contribution in [3.63, 3.8) is 0 Å². The smallest absolute Gasteiger partial charge is 0.233 e. The number of amides is 1. The lowest BCUT2D eigenvalue weighted by Crippen LogP contribution is -2.45. The highest BCUT2D eigenvalue weighted by molar-refractivity contribution is 8.69. The number of hydrogen-bond acceptors (Lipinski definition) is 4. The normalized spacial score (nSPS) is 21.1. The molecule has 0 aliphatic carbocycles. The van der Waals surface area contributed by atoms with Gasteiger partial charge in [-0.2, -0.15) is 0 Å². The lowest BCUT2D eigenvalue weighted by atomic mass is 10.1. The van der Waals surface area contributed by atoms with E-state index < -0.39 is 0 Å². The van der Waals surface area contributed by atoms with Crippen LogP contribution in [0.25, 0.3) is 0 Å². The molecule has 1 rings (SSSR count). The molecule has 0 spiro atoms. The fourth-order valence-corrected chi connectivity index (χ4v) is 1.78. The molecule has 0 radical (unpaired) electrons. The second kappa shape index (κ2) is 5.78. The highest BCUT2D eigenvalue weighted by atomic mass is 33.1. The van der Waals surface area contributed by atoms with Crippen molar-refractivity contribution in [2.24, 2.45) is 0 Å². The largest absolute Gasteiger partial charge is 0.352 e. The summed E-state index contributed by atoms with van der Waals surface area (Å²) in [5.74, 6) is 0.104. The van der Waals surface area contributed by atoms with E-state index in [1.54, 1.807) is 0 Å². The van der Waals surface area contributed by atoms with Crippen molar-refractivity contribution in [3.8, 4) is 0 Å². The van der Waals surface area contributed by atoms with Crippen LogP contribution in [0.1, 0.15) is 19.8 Å². The Morgan fingerprint density at radius 1 is 1.62 bits per heavy atom. The second-order valence-electron chi connectivity index (χ2n) is 3.28. The van der Waals surface area contributed by atoms with Crippen molar-refractivity contribution in [1.29, 1.82) is 0 Å². The molecule has 3 nitrogen and oxygen atoms in total. The SMILES string of the molecule is CC(SS)C(=O)NC1CCNCC1. The van der Waals surface area contributed by atoms with Crippen molar-refractivity contribution in [2.45, 2.75) is 31.1 Å². The summed E-state index contributed by atoms with van der Waals surface area (Å²) in [6.45, 7) is 3.88. The first kappa shape index (κ1) is 11.2. The zero-order chi connectivity index (χ0) is 9.68. The maximum Gasteiger partial charge on any atom is 0.233 e.